The molecule has 1 fully saturated rings. The third kappa shape index (κ3) is 4.03. The Kier molecular flexibility index (Phi) is 5.36. The first kappa shape index (κ1) is 18.8. The van der Waals surface area contributed by atoms with Crippen LogP contribution in [-0.2, 0) is 11.2 Å². The van der Waals surface area contributed by atoms with Crippen LogP contribution in [0.4, 0.5) is 0 Å². The number of amides is 1. The van der Waals surface area contributed by atoms with Crippen molar-refractivity contribution >= 4 is 5.91 Å². The summed E-state index contributed by atoms with van der Waals surface area (Å²) in [7, 11) is 0. The first-order valence-corrected chi connectivity index (χ1v) is 9.51. The van der Waals surface area contributed by atoms with Crippen molar-refractivity contribution in [2.45, 2.75) is 19.4 Å². The Balaban J connectivity index is 1.64. The highest BCUT2D eigenvalue weighted by Gasteiger charge is 2.30. The van der Waals surface area contributed by atoms with E-state index in [0.717, 1.165) is 11.1 Å². The molecule has 0 saturated carbocycles. The number of ether oxygens (including phenoxy) is 1. The maximum Gasteiger partial charge on any atom is 0.256 e. The number of nitriles is 1. The van der Waals surface area contributed by atoms with Gasteiger partial charge in [-0.1, -0.05) is 23.8 Å². The molecule has 3 aromatic rings. The second-order valence-corrected chi connectivity index (χ2v) is 7.08. The maximum atomic E-state index is 13.5. The minimum atomic E-state index is -0.107. The van der Waals surface area contributed by atoms with E-state index in [-0.39, 0.29) is 11.9 Å². The van der Waals surface area contributed by atoms with Gasteiger partial charge >= 0.3 is 0 Å². The molecule has 1 atom stereocenters. The van der Waals surface area contributed by atoms with Crippen molar-refractivity contribution < 1.29 is 9.53 Å². The molecular formula is C22H21N5O2. The van der Waals surface area contributed by atoms with Crippen molar-refractivity contribution in [2.24, 2.45) is 0 Å². The van der Waals surface area contributed by atoms with Crippen LogP contribution in [0.15, 0.2) is 54.9 Å². The fourth-order valence-electron chi connectivity index (χ4n) is 3.62. The molecule has 1 aliphatic heterocycles. The third-order valence-electron chi connectivity index (χ3n) is 5.03. The minimum Gasteiger partial charge on any atom is -0.377 e. The van der Waals surface area contributed by atoms with E-state index in [1.54, 1.807) is 18.5 Å². The lowest BCUT2D eigenvalue weighted by atomic mass is 10.0. The number of aromatic nitrogens is 3. The number of carbonyl (C=O) groups is 1. The molecule has 7 nitrogen and oxygen atoms in total. The lowest BCUT2D eigenvalue weighted by molar-refractivity contribution is -0.00165. The number of hydrogen-bond acceptors (Lipinski definition) is 5. The summed E-state index contributed by atoms with van der Waals surface area (Å²) in [5.74, 6) is -0.0641. The van der Waals surface area contributed by atoms with E-state index in [0.29, 0.717) is 43.0 Å². The van der Waals surface area contributed by atoms with Crippen LogP contribution in [0.5, 0.6) is 0 Å². The average Bonchev–Trinajstić information content (AvgIpc) is 3.28. The van der Waals surface area contributed by atoms with Crippen molar-refractivity contribution in [3.05, 3.63) is 77.1 Å². The van der Waals surface area contributed by atoms with Crippen molar-refractivity contribution in [2.75, 3.05) is 19.8 Å². The van der Waals surface area contributed by atoms with Crippen molar-refractivity contribution in [3.63, 3.8) is 0 Å². The van der Waals surface area contributed by atoms with E-state index in [4.69, 9.17) is 10.00 Å². The molecule has 4 rings (SSSR count). The van der Waals surface area contributed by atoms with Crippen LogP contribution in [0, 0.1) is 18.3 Å². The predicted octanol–water partition coefficient (Wildman–Crippen LogP) is 2.53. The molecule has 0 radical (unpaired) electrons. The first-order valence-electron chi connectivity index (χ1n) is 9.51. The Morgan fingerprint density at radius 1 is 1.24 bits per heavy atom. The van der Waals surface area contributed by atoms with Crippen LogP contribution < -0.4 is 0 Å². The fourth-order valence-corrected chi connectivity index (χ4v) is 3.62. The van der Waals surface area contributed by atoms with Gasteiger partial charge in [0.1, 0.15) is 0 Å². The van der Waals surface area contributed by atoms with E-state index in [2.05, 4.69) is 16.3 Å². The molecule has 1 amide bonds. The van der Waals surface area contributed by atoms with Gasteiger partial charge in [0.05, 0.1) is 54.5 Å². The standard InChI is InChI=1S/C22H21N5O2/c1-16-5-6-21(27-24-7-8-25-27)20(11-16)22(28)26-9-10-29-15-19(26)13-17-3-2-4-18(12-17)14-23/h2-8,11-12,19H,9-10,13,15H2,1H3/t19-/m1/s1. The van der Waals surface area contributed by atoms with E-state index in [1.807, 2.05) is 48.2 Å². The van der Waals surface area contributed by atoms with Crippen molar-refractivity contribution in [3.8, 4) is 11.8 Å². The van der Waals surface area contributed by atoms with Gasteiger partial charge in [-0.05, 0) is 43.2 Å². The normalized spacial score (nSPS) is 16.4. The lowest BCUT2D eigenvalue weighted by Crippen LogP contribution is -2.50. The molecule has 2 aromatic carbocycles. The van der Waals surface area contributed by atoms with Gasteiger partial charge in [-0.3, -0.25) is 4.79 Å². The maximum absolute atomic E-state index is 13.5. The smallest absolute Gasteiger partial charge is 0.256 e. The van der Waals surface area contributed by atoms with Crippen LogP contribution in [-0.4, -0.2) is 51.6 Å². The third-order valence-corrected chi connectivity index (χ3v) is 5.03. The zero-order chi connectivity index (χ0) is 20.2. The summed E-state index contributed by atoms with van der Waals surface area (Å²) in [4.78, 5) is 16.9. The molecule has 7 heteroatoms. The SMILES string of the molecule is Cc1ccc(-n2nccn2)c(C(=O)N2CCOC[C@H]2Cc2cccc(C#N)c2)c1. The second-order valence-electron chi connectivity index (χ2n) is 7.08. The van der Waals surface area contributed by atoms with Crippen LogP contribution in [0.1, 0.15) is 27.0 Å². The number of aryl methyl sites for hydroxylation is 1. The lowest BCUT2D eigenvalue weighted by Gasteiger charge is -2.36. The molecule has 0 aliphatic carbocycles. The Hall–Kier alpha value is -3.50. The van der Waals surface area contributed by atoms with Crippen LogP contribution >= 0.6 is 0 Å². The van der Waals surface area contributed by atoms with Gasteiger partial charge in [-0.2, -0.15) is 20.3 Å². The Morgan fingerprint density at radius 3 is 2.86 bits per heavy atom. The van der Waals surface area contributed by atoms with Gasteiger partial charge in [0.2, 0.25) is 0 Å². The highest BCUT2D eigenvalue weighted by atomic mass is 16.5. The zero-order valence-corrected chi connectivity index (χ0v) is 16.2. The average molecular weight is 387 g/mol. The summed E-state index contributed by atoms with van der Waals surface area (Å²) in [6.07, 6.45) is 3.81. The molecule has 0 unspecified atom stereocenters. The first-order chi connectivity index (χ1) is 14.2. The summed E-state index contributed by atoms with van der Waals surface area (Å²) in [5, 5.41) is 17.5. The van der Waals surface area contributed by atoms with Gasteiger partial charge in [0, 0.05) is 6.54 Å². The highest BCUT2D eigenvalue weighted by molar-refractivity contribution is 5.98. The molecule has 2 heterocycles. The summed E-state index contributed by atoms with van der Waals surface area (Å²) in [6.45, 7) is 3.44. The number of hydrogen-bond donors (Lipinski definition) is 0. The summed E-state index contributed by atoms with van der Waals surface area (Å²) in [6, 6.07) is 15.2. The summed E-state index contributed by atoms with van der Waals surface area (Å²) >= 11 is 0. The van der Waals surface area contributed by atoms with Crippen LogP contribution in [0.25, 0.3) is 5.69 Å². The number of carbonyl (C=O) groups excluding carboxylic acids is 1. The van der Waals surface area contributed by atoms with Gasteiger partial charge < -0.3 is 9.64 Å². The molecule has 1 aromatic heterocycles. The van der Waals surface area contributed by atoms with E-state index >= 15 is 0 Å². The molecule has 0 bridgehead atoms. The van der Waals surface area contributed by atoms with Gasteiger partial charge in [0.15, 0.2) is 0 Å². The second kappa shape index (κ2) is 8.25. The number of nitrogens with zero attached hydrogens (tertiary/aromatic N) is 5. The summed E-state index contributed by atoms with van der Waals surface area (Å²) < 4.78 is 5.66. The molecule has 0 spiro atoms. The van der Waals surface area contributed by atoms with Crippen LogP contribution in [0.2, 0.25) is 0 Å². The Bertz CT molecular complexity index is 1060. The minimum absolute atomic E-state index is 0.0641. The monoisotopic (exact) mass is 387 g/mol. The number of morpholine rings is 1. The Labute approximate surface area is 169 Å². The van der Waals surface area contributed by atoms with Crippen molar-refractivity contribution in [1.82, 2.24) is 19.9 Å². The zero-order valence-electron chi connectivity index (χ0n) is 16.2. The summed E-state index contributed by atoms with van der Waals surface area (Å²) in [5.41, 5.74) is 3.84. The molecule has 146 valence electrons. The van der Waals surface area contributed by atoms with E-state index in [9.17, 15) is 4.79 Å². The molecule has 0 N–H and O–H groups in total. The molecule has 29 heavy (non-hydrogen) atoms. The molecule has 1 saturated heterocycles. The van der Waals surface area contributed by atoms with Gasteiger partial charge in [0.25, 0.3) is 5.91 Å². The highest BCUT2D eigenvalue weighted by Crippen LogP contribution is 2.22. The van der Waals surface area contributed by atoms with Gasteiger partial charge in [-0.25, -0.2) is 0 Å². The van der Waals surface area contributed by atoms with E-state index in [1.165, 1.54) is 4.80 Å². The number of rotatable bonds is 4. The number of benzene rings is 2. The molecule has 1 aliphatic rings. The fraction of sp³-hybridized carbons (Fsp3) is 0.273. The Morgan fingerprint density at radius 2 is 2.07 bits per heavy atom. The van der Waals surface area contributed by atoms with Gasteiger partial charge in [-0.15, -0.1) is 0 Å². The van der Waals surface area contributed by atoms with E-state index < -0.39 is 0 Å². The predicted molar refractivity (Wildman–Crippen MR) is 107 cm³/mol. The van der Waals surface area contributed by atoms with Crippen LogP contribution in [0.3, 0.4) is 0 Å². The van der Waals surface area contributed by atoms with Crippen molar-refractivity contribution in [1.29, 1.82) is 5.26 Å². The molecular weight excluding hydrogens is 366 g/mol. The largest absolute Gasteiger partial charge is 0.377 e. The topological polar surface area (TPSA) is 84.0 Å². The quantitative estimate of drug-likeness (QED) is 0.687.